The summed E-state index contributed by atoms with van der Waals surface area (Å²) in [7, 11) is 1.33. The molecule has 1 aliphatic rings. The highest BCUT2D eigenvalue weighted by Gasteiger charge is 2.34. The van der Waals surface area contributed by atoms with Crippen molar-refractivity contribution in [1.29, 1.82) is 0 Å². The number of halogens is 1. The van der Waals surface area contributed by atoms with E-state index in [9.17, 15) is 9.18 Å². The van der Waals surface area contributed by atoms with E-state index in [0.29, 0.717) is 22.4 Å². The van der Waals surface area contributed by atoms with Crippen LogP contribution >= 0.6 is 11.8 Å². The first-order valence-electron chi connectivity index (χ1n) is 6.87. The standard InChI is InChI=1S/C15H15FN4O2S/c1-8-11(13(21)22-2)12(9-4-6-10(16)7-5-9)20-14(17-8)18-15(19-20)23-3/h4-7,12H,1-3H3,(H,17,18,19). The summed E-state index contributed by atoms with van der Waals surface area (Å²) in [6.45, 7) is 1.78. The summed E-state index contributed by atoms with van der Waals surface area (Å²) >= 11 is 1.40. The SMILES string of the molecule is COC(=O)C1=C(C)Nc2nc(SC)nn2C1c1ccc(F)cc1. The minimum absolute atomic E-state index is 0.341. The topological polar surface area (TPSA) is 69.0 Å². The number of esters is 1. The fourth-order valence-corrected chi connectivity index (χ4v) is 2.89. The Bertz CT molecular complexity index is 785. The number of carbonyl (C=O) groups is 1. The molecule has 120 valence electrons. The zero-order valence-corrected chi connectivity index (χ0v) is 13.6. The number of allylic oxidation sites excluding steroid dienone is 1. The molecule has 23 heavy (non-hydrogen) atoms. The maximum Gasteiger partial charge on any atom is 0.338 e. The number of carbonyl (C=O) groups excluding carboxylic acids is 1. The summed E-state index contributed by atoms with van der Waals surface area (Å²) in [4.78, 5) is 16.6. The molecule has 1 unspecified atom stereocenters. The second kappa shape index (κ2) is 6.04. The summed E-state index contributed by atoms with van der Waals surface area (Å²) in [5, 5.41) is 8.07. The number of nitrogens with one attached hydrogen (secondary N) is 1. The lowest BCUT2D eigenvalue weighted by atomic mass is 9.96. The van der Waals surface area contributed by atoms with Crippen molar-refractivity contribution in [3.63, 3.8) is 0 Å². The van der Waals surface area contributed by atoms with Crippen LogP contribution in [0.1, 0.15) is 18.5 Å². The summed E-state index contributed by atoms with van der Waals surface area (Å²) < 4.78 is 19.8. The van der Waals surface area contributed by atoms with Gasteiger partial charge in [0.25, 0.3) is 0 Å². The van der Waals surface area contributed by atoms with Gasteiger partial charge in [0.1, 0.15) is 11.9 Å². The fourth-order valence-electron chi connectivity index (χ4n) is 2.55. The lowest BCUT2D eigenvalue weighted by Crippen LogP contribution is -2.29. The summed E-state index contributed by atoms with van der Waals surface area (Å²) in [5.74, 6) is -0.267. The number of benzene rings is 1. The zero-order valence-electron chi connectivity index (χ0n) is 12.8. The number of hydrogen-bond donors (Lipinski definition) is 1. The molecule has 1 aliphatic heterocycles. The van der Waals surface area contributed by atoms with Gasteiger partial charge in [0.2, 0.25) is 11.1 Å². The number of methoxy groups -OCH3 is 1. The summed E-state index contributed by atoms with van der Waals surface area (Å²) in [5.41, 5.74) is 1.79. The largest absolute Gasteiger partial charge is 0.466 e. The molecule has 1 atom stereocenters. The van der Waals surface area contributed by atoms with Crippen molar-refractivity contribution in [3.8, 4) is 0 Å². The van der Waals surface area contributed by atoms with Crippen molar-refractivity contribution in [2.75, 3.05) is 18.7 Å². The van der Waals surface area contributed by atoms with Crippen LogP contribution in [0, 0.1) is 5.82 Å². The van der Waals surface area contributed by atoms with Gasteiger partial charge in [0, 0.05) is 5.70 Å². The Balaban J connectivity index is 2.18. The van der Waals surface area contributed by atoms with Gasteiger partial charge in [-0.05, 0) is 30.9 Å². The van der Waals surface area contributed by atoms with Gasteiger partial charge >= 0.3 is 5.97 Å². The molecule has 2 heterocycles. The Labute approximate surface area is 136 Å². The highest BCUT2D eigenvalue weighted by molar-refractivity contribution is 7.98. The van der Waals surface area contributed by atoms with E-state index in [-0.39, 0.29) is 5.82 Å². The van der Waals surface area contributed by atoms with E-state index in [0.717, 1.165) is 5.56 Å². The molecule has 0 bridgehead atoms. The normalized spacial score (nSPS) is 16.8. The van der Waals surface area contributed by atoms with Gasteiger partial charge < -0.3 is 10.1 Å². The zero-order chi connectivity index (χ0) is 16.6. The molecule has 0 radical (unpaired) electrons. The van der Waals surface area contributed by atoms with E-state index in [2.05, 4.69) is 15.4 Å². The number of hydrogen-bond acceptors (Lipinski definition) is 6. The molecule has 0 aliphatic carbocycles. The van der Waals surface area contributed by atoms with Gasteiger partial charge in [-0.15, -0.1) is 5.10 Å². The van der Waals surface area contributed by atoms with Crippen LogP contribution in [0.15, 0.2) is 40.7 Å². The van der Waals surface area contributed by atoms with E-state index < -0.39 is 12.0 Å². The number of fused-ring (bicyclic) bond motifs is 1. The van der Waals surface area contributed by atoms with Gasteiger partial charge in [-0.25, -0.2) is 13.9 Å². The lowest BCUT2D eigenvalue weighted by Gasteiger charge is -2.27. The second-order valence-electron chi connectivity index (χ2n) is 4.98. The monoisotopic (exact) mass is 334 g/mol. The minimum atomic E-state index is -0.521. The predicted octanol–water partition coefficient (Wildman–Crippen LogP) is 2.60. The van der Waals surface area contributed by atoms with E-state index in [1.165, 1.54) is 31.0 Å². The van der Waals surface area contributed by atoms with Crippen molar-refractivity contribution >= 4 is 23.7 Å². The van der Waals surface area contributed by atoms with Crippen LogP contribution in [-0.2, 0) is 9.53 Å². The molecule has 0 spiro atoms. The van der Waals surface area contributed by atoms with Gasteiger partial charge in [0.05, 0.1) is 12.7 Å². The maximum atomic E-state index is 13.3. The van der Waals surface area contributed by atoms with Crippen LogP contribution < -0.4 is 5.32 Å². The molecule has 1 aromatic carbocycles. The fraction of sp³-hybridized carbons (Fsp3) is 0.267. The Hall–Kier alpha value is -2.35. The molecule has 0 fully saturated rings. The third-order valence-corrected chi connectivity index (χ3v) is 4.14. The molecule has 6 nitrogen and oxygen atoms in total. The number of rotatable bonds is 3. The van der Waals surface area contributed by atoms with Crippen LogP contribution in [0.4, 0.5) is 10.3 Å². The first-order valence-corrected chi connectivity index (χ1v) is 8.09. The first kappa shape index (κ1) is 15.5. The third kappa shape index (κ3) is 2.70. The van der Waals surface area contributed by atoms with Crippen molar-refractivity contribution < 1.29 is 13.9 Å². The van der Waals surface area contributed by atoms with E-state index >= 15 is 0 Å². The van der Waals surface area contributed by atoms with Crippen molar-refractivity contribution in [2.24, 2.45) is 0 Å². The summed E-state index contributed by atoms with van der Waals surface area (Å²) in [6, 6.07) is 5.45. The molecular weight excluding hydrogens is 319 g/mol. The smallest absolute Gasteiger partial charge is 0.338 e. The Kier molecular flexibility index (Phi) is 4.08. The number of anilines is 1. The van der Waals surface area contributed by atoms with Crippen LogP contribution in [-0.4, -0.2) is 34.1 Å². The lowest BCUT2D eigenvalue weighted by molar-refractivity contribution is -0.136. The maximum absolute atomic E-state index is 13.3. The van der Waals surface area contributed by atoms with E-state index in [1.54, 1.807) is 23.7 Å². The first-order chi connectivity index (χ1) is 11.0. The molecule has 1 N–H and O–H groups in total. The Morgan fingerprint density at radius 2 is 2.09 bits per heavy atom. The van der Waals surface area contributed by atoms with E-state index in [1.807, 2.05) is 6.26 Å². The van der Waals surface area contributed by atoms with Crippen LogP contribution in [0.25, 0.3) is 0 Å². The van der Waals surface area contributed by atoms with Gasteiger partial charge in [0.15, 0.2) is 0 Å². The molecule has 0 saturated carbocycles. The van der Waals surface area contributed by atoms with Crippen molar-refractivity contribution in [2.45, 2.75) is 18.1 Å². The second-order valence-corrected chi connectivity index (χ2v) is 5.75. The van der Waals surface area contributed by atoms with Crippen LogP contribution in [0.5, 0.6) is 0 Å². The van der Waals surface area contributed by atoms with E-state index in [4.69, 9.17) is 4.74 Å². The molecule has 0 saturated heterocycles. The molecule has 2 aromatic rings. The average Bonchev–Trinajstić information content (AvgIpc) is 2.96. The summed E-state index contributed by atoms with van der Waals surface area (Å²) in [6.07, 6.45) is 1.87. The van der Waals surface area contributed by atoms with Crippen molar-refractivity contribution in [1.82, 2.24) is 14.8 Å². The molecule has 0 amide bonds. The molecule has 1 aromatic heterocycles. The van der Waals surface area contributed by atoms with Gasteiger partial charge in [-0.2, -0.15) is 4.98 Å². The number of ether oxygens (including phenoxy) is 1. The highest BCUT2D eigenvalue weighted by Crippen LogP contribution is 2.36. The third-order valence-electron chi connectivity index (χ3n) is 3.61. The minimum Gasteiger partial charge on any atom is -0.466 e. The number of aromatic nitrogens is 3. The predicted molar refractivity (Wildman–Crippen MR) is 84.7 cm³/mol. The Morgan fingerprint density at radius 3 is 2.70 bits per heavy atom. The molecule has 8 heteroatoms. The molecule has 3 rings (SSSR count). The highest BCUT2D eigenvalue weighted by atomic mass is 32.2. The van der Waals surface area contributed by atoms with Crippen molar-refractivity contribution in [3.05, 3.63) is 46.9 Å². The molecular formula is C15H15FN4O2S. The van der Waals surface area contributed by atoms with Gasteiger partial charge in [-0.1, -0.05) is 23.9 Å². The van der Waals surface area contributed by atoms with Gasteiger partial charge in [-0.3, -0.25) is 0 Å². The quantitative estimate of drug-likeness (QED) is 0.687. The average molecular weight is 334 g/mol. The van der Waals surface area contributed by atoms with Crippen LogP contribution in [0.3, 0.4) is 0 Å². The van der Waals surface area contributed by atoms with Crippen LogP contribution in [0.2, 0.25) is 0 Å². The Morgan fingerprint density at radius 1 is 1.39 bits per heavy atom. The number of thioether (sulfide) groups is 1. The number of nitrogens with zero attached hydrogens (tertiary/aromatic N) is 3.